The Morgan fingerprint density at radius 3 is 1.55 bits per heavy atom. The van der Waals surface area contributed by atoms with Crippen LogP contribution in [-0.4, -0.2) is 66.3 Å². The Morgan fingerprint density at radius 1 is 0.582 bits per heavy atom. The second-order valence-electron chi connectivity index (χ2n) is 14.0. The molecule has 3 atom stereocenters. The lowest BCUT2D eigenvalue weighted by atomic mass is 10.0. The van der Waals surface area contributed by atoms with Crippen molar-refractivity contribution < 1.29 is 43.0 Å². The number of ether oxygens (including phenoxy) is 2. The van der Waals surface area contributed by atoms with Gasteiger partial charge in [0.15, 0.2) is 0 Å². The first kappa shape index (κ1) is 52.9. The first-order valence-electron chi connectivity index (χ1n) is 21.4. The predicted molar refractivity (Wildman–Crippen MR) is 228 cm³/mol. The van der Waals surface area contributed by atoms with Crippen molar-refractivity contribution in [1.82, 2.24) is 0 Å². The molecule has 3 unspecified atom stereocenters. The lowest BCUT2D eigenvalue weighted by Crippen LogP contribution is -2.29. The molecule has 55 heavy (non-hydrogen) atoms. The van der Waals surface area contributed by atoms with Crippen LogP contribution in [0.2, 0.25) is 0 Å². The van der Waals surface area contributed by atoms with Crippen LogP contribution in [-0.2, 0) is 27.9 Å². The maximum Gasteiger partial charge on any atom is 0.472 e. The van der Waals surface area contributed by atoms with Gasteiger partial charge in [0.25, 0.3) is 0 Å². The van der Waals surface area contributed by atoms with Gasteiger partial charge in [0.1, 0.15) is 12.2 Å². The van der Waals surface area contributed by atoms with Gasteiger partial charge in [-0.1, -0.05) is 164 Å². The van der Waals surface area contributed by atoms with Crippen molar-refractivity contribution in [2.24, 2.45) is 0 Å². The topological polar surface area (TPSA) is 132 Å². The van der Waals surface area contributed by atoms with E-state index in [2.05, 4.69) is 86.8 Å². The number of unbranched alkanes of at least 4 members (excludes halogenated alkanes) is 14. The summed E-state index contributed by atoms with van der Waals surface area (Å²) in [5.41, 5.74) is 0. The molecule has 0 radical (unpaired) electrons. The van der Waals surface area contributed by atoms with Crippen molar-refractivity contribution in [2.45, 2.75) is 174 Å². The molecule has 318 valence electrons. The third-order valence-electron chi connectivity index (χ3n) is 8.66. The van der Waals surface area contributed by atoms with Crippen LogP contribution in [0.5, 0.6) is 0 Å². The normalized spacial score (nSPS) is 14.8. The summed E-state index contributed by atoms with van der Waals surface area (Å²) < 4.78 is 33.3. The van der Waals surface area contributed by atoms with Crippen molar-refractivity contribution in [1.29, 1.82) is 0 Å². The zero-order chi connectivity index (χ0) is 40.3. The summed E-state index contributed by atoms with van der Waals surface area (Å²) >= 11 is 0. The highest BCUT2D eigenvalue weighted by Gasteiger charge is 2.26. The minimum absolute atomic E-state index is 0.0244. The maximum atomic E-state index is 12.6. The van der Waals surface area contributed by atoms with Gasteiger partial charge in [-0.25, -0.2) is 4.57 Å². The average Bonchev–Trinajstić information content (AvgIpc) is 3.18. The Hall–Kier alpha value is -2.10. The van der Waals surface area contributed by atoms with E-state index < -0.39 is 45.8 Å². The van der Waals surface area contributed by atoms with Gasteiger partial charge in [-0.15, -0.1) is 0 Å². The number of aliphatic hydroxyl groups is 2. The minimum Gasteiger partial charge on any atom is -0.457 e. The standard InChI is InChI=1S/C45H79O9P/c1-3-5-7-9-11-13-15-17-18-19-20-21-22-23-24-25-26-28-30-32-34-36-38-51-41-44(42-53-55(49,50)52-40-43(47)39-46)54-45(48)37-35-33-31-29-27-16-14-12-10-8-6-4-2/h5,7,11,13,17-18,20-21,23-24,26,28,43-44,46-47H,3-4,6,8-10,12,14-16,19,22,25,27,29-42H2,1-2H3,(H,49,50)/b7-5-,13-11-,18-17-,21-20-,24-23-,28-26-. The Kier molecular flexibility index (Phi) is 39.9. The molecule has 9 nitrogen and oxygen atoms in total. The van der Waals surface area contributed by atoms with Crippen LogP contribution in [0.1, 0.15) is 162 Å². The van der Waals surface area contributed by atoms with Crippen LogP contribution in [0.15, 0.2) is 72.9 Å². The Labute approximate surface area is 335 Å². The van der Waals surface area contributed by atoms with Crippen molar-refractivity contribution in [3.8, 4) is 0 Å². The number of hydrogen-bond donors (Lipinski definition) is 3. The second kappa shape index (κ2) is 41.5. The van der Waals surface area contributed by atoms with Crippen molar-refractivity contribution in [3.63, 3.8) is 0 Å². The van der Waals surface area contributed by atoms with Crippen LogP contribution in [0.25, 0.3) is 0 Å². The van der Waals surface area contributed by atoms with E-state index in [1.807, 2.05) is 0 Å². The van der Waals surface area contributed by atoms with Crippen molar-refractivity contribution in [2.75, 3.05) is 33.0 Å². The highest BCUT2D eigenvalue weighted by Crippen LogP contribution is 2.43. The fourth-order valence-corrected chi connectivity index (χ4v) is 6.21. The molecular formula is C45H79O9P. The van der Waals surface area contributed by atoms with E-state index in [0.29, 0.717) is 6.61 Å². The van der Waals surface area contributed by atoms with Crippen molar-refractivity contribution in [3.05, 3.63) is 72.9 Å². The fourth-order valence-electron chi connectivity index (χ4n) is 5.42. The van der Waals surface area contributed by atoms with E-state index in [4.69, 9.17) is 23.6 Å². The van der Waals surface area contributed by atoms with Gasteiger partial charge in [-0.3, -0.25) is 13.8 Å². The number of carbonyl (C=O) groups is 1. The van der Waals surface area contributed by atoms with Crippen LogP contribution < -0.4 is 0 Å². The molecule has 0 spiro atoms. The number of carbonyl (C=O) groups excluding carboxylic acids is 1. The van der Waals surface area contributed by atoms with Gasteiger partial charge in [0, 0.05) is 13.0 Å². The SMILES string of the molecule is CC/C=C\C/C=C\C/C=C\C/C=C\C/C=C\C/C=C\CCCCCOCC(COP(=O)(O)OCC(O)CO)OC(=O)CCCCCCCCCCCCCC. The molecule has 0 aromatic heterocycles. The monoisotopic (exact) mass is 795 g/mol. The maximum absolute atomic E-state index is 12.6. The highest BCUT2D eigenvalue weighted by atomic mass is 31.2. The van der Waals surface area contributed by atoms with Crippen LogP contribution in [0.3, 0.4) is 0 Å². The van der Waals surface area contributed by atoms with Crippen LogP contribution in [0, 0.1) is 0 Å². The molecule has 0 rings (SSSR count). The molecule has 10 heteroatoms. The molecule has 0 aliphatic carbocycles. The third-order valence-corrected chi connectivity index (χ3v) is 9.61. The molecule has 0 saturated heterocycles. The molecule has 0 fully saturated rings. The molecule has 0 aromatic rings. The van der Waals surface area contributed by atoms with Gasteiger partial charge in [-0.05, 0) is 64.2 Å². The first-order chi connectivity index (χ1) is 26.8. The van der Waals surface area contributed by atoms with Crippen molar-refractivity contribution >= 4 is 13.8 Å². The van der Waals surface area contributed by atoms with Gasteiger partial charge >= 0.3 is 13.8 Å². The fraction of sp³-hybridized carbons (Fsp3) is 0.711. The molecule has 0 bridgehead atoms. The summed E-state index contributed by atoms with van der Waals surface area (Å²) in [4.78, 5) is 22.5. The number of aliphatic hydroxyl groups excluding tert-OH is 2. The van der Waals surface area contributed by atoms with E-state index in [1.165, 1.54) is 57.8 Å². The van der Waals surface area contributed by atoms with E-state index in [0.717, 1.165) is 83.5 Å². The lowest BCUT2D eigenvalue weighted by Gasteiger charge is -2.20. The quantitative estimate of drug-likeness (QED) is 0.0240. The molecule has 0 saturated carbocycles. The van der Waals surface area contributed by atoms with E-state index in [1.54, 1.807) is 0 Å². The number of phosphoric acid groups is 1. The van der Waals surface area contributed by atoms with E-state index in [-0.39, 0.29) is 13.0 Å². The Balaban J connectivity index is 4.24. The molecular weight excluding hydrogens is 715 g/mol. The van der Waals surface area contributed by atoms with E-state index in [9.17, 15) is 19.4 Å². The summed E-state index contributed by atoms with van der Waals surface area (Å²) in [5.74, 6) is -0.398. The second-order valence-corrected chi connectivity index (χ2v) is 15.4. The molecule has 0 aliphatic heterocycles. The number of phosphoric ester groups is 1. The number of allylic oxidation sites excluding steroid dienone is 12. The van der Waals surface area contributed by atoms with E-state index >= 15 is 0 Å². The molecule has 3 N–H and O–H groups in total. The molecule has 0 aliphatic rings. The van der Waals surface area contributed by atoms with Crippen LogP contribution >= 0.6 is 7.82 Å². The van der Waals surface area contributed by atoms with Crippen LogP contribution in [0.4, 0.5) is 0 Å². The predicted octanol–water partition coefficient (Wildman–Crippen LogP) is 11.8. The molecule has 0 aromatic carbocycles. The summed E-state index contributed by atoms with van der Waals surface area (Å²) in [5, 5.41) is 18.3. The highest BCUT2D eigenvalue weighted by molar-refractivity contribution is 7.47. The first-order valence-corrected chi connectivity index (χ1v) is 22.9. The summed E-state index contributed by atoms with van der Waals surface area (Å²) in [6.45, 7) is 3.30. The summed E-state index contributed by atoms with van der Waals surface area (Å²) in [6.07, 6.45) is 48.6. The number of esters is 1. The summed E-state index contributed by atoms with van der Waals surface area (Å²) in [7, 11) is -4.53. The summed E-state index contributed by atoms with van der Waals surface area (Å²) in [6, 6.07) is 0. The van der Waals surface area contributed by atoms with Gasteiger partial charge in [0.2, 0.25) is 0 Å². The number of rotatable bonds is 40. The van der Waals surface area contributed by atoms with Gasteiger partial charge in [0.05, 0.1) is 26.4 Å². The smallest absolute Gasteiger partial charge is 0.457 e. The van der Waals surface area contributed by atoms with Gasteiger partial charge < -0.3 is 24.6 Å². The molecule has 0 amide bonds. The Morgan fingerprint density at radius 2 is 1.04 bits per heavy atom. The number of hydrogen-bond acceptors (Lipinski definition) is 8. The largest absolute Gasteiger partial charge is 0.472 e. The zero-order valence-electron chi connectivity index (χ0n) is 34.6. The Bertz CT molecular complexity index is 1080. The average molecular weight is 795 g/mol. The zero-order valence-corrected chi connectivity index (χ0v) is 35.5. The van der Waals surface area contributed by atoms with Gasteiger partial charge in [-0.2, -0.15) is 0 Å². The minimum atomic E-state index is -4.53. The third kappa shape index (κ3) is 41.4. The lowest BCUT2D eigenvalue weighted by molar-refractivity contribution is -0.154. The molecule has 0 heterocycles.